The van der Waals surface area contributed by atoms with E-state index >= 15 is 0 Å². The van der Waals surface area contributed by atoms with Gasteiger partial charge in [-0.25, -0.2) is 0 Å². The summed E-state index contributed by atoms with van der Waals surface area (Å²) in [7, 11) is 3.46. The maximum atomic E-state index is 11.4. The normalized spacial score (nSPS) is 43.5. The van der Waals surface area contributed by atoms with Crippen LogP contribution in [0.2, 0.25) is 0 Å². The number of hydroxylamine groups is 4. The highest BCUT2D eigenvalue weighted by atomic mass is 16.5. The zero-order valence-corrected chi connectivity index (χ0v) is 10.4. The molecular weight excluding hydrogens is 204 g/mol. The predicted molar refractivity (Wildman–Crippen MR) is 62.8 cm³/mol. The van der Waals surface area contributed by atoms with E-state index in [1.807, 2.05) is 0 Å². The van der Waals surface area contributed by atoms with Gasteiger partial charge in [-0.15, -0.1) is 0 Å². The fourth-order valence-corrected chi connectivity index (χ4v) is 3.63. The molecule has 2 saturated carbocycles. The van der Waals surface area contributed by atoms with Gasteiger partial charge >= 0.3 is 0 Å². The first-order valence-electron chi connectivity index (χ1n) is 6.58. The molecule has 0 saturated heterocycles. The zero-order valence-electron chi connectivity index (χ0n) is 10.4. The molecule has 94 valence electrons. The first-order chi connectivity index (χ1) is 7.58. The summed E-state index contributed by atoms with van der Waals surface area (Å²) in [6.07, 6.45) is 6.62. The number of nitrogens with one attached hydrogen (secondary N) is 2. The molecule has 2 aliphatic carbocycles. The van der Waals surface area contributed by atoms with E-state index in [1.165, 1.54) is 12.8 Å². The summed E-state index contributed by atoms with van der Waals surface area (Å²) in [4.78, 5) is 0. The lowest BCUT2D eigenvalue weighted by atomic mass is 9.68. The van der Waals surface area contributed by atoms with E-state index in [1.54, 1.807) is 14.1 Å². The largest absolute Gasteiger partial charge is 0.634 e. The lowest BCUT2D eigenvalue weighted by Crippen LogP contribution is -3.09. The molecule has 0 amide bonds. The van der Waals surface area contributed by atoms with Gasteiger partial charge in [-0.3, -0.25) is 0 Å². The van der Waals surface area contributed by atoms with Crippen LogP contribution in [0.25, 0.3) is 0 Å². The van der Waals surface area contributed by atoms with Crippen LogP contribution >= 0.6 is 0 Å². The van der Waals surface area contributed by atoms with Gasteiger partial charge in [0.15, 0.2) is 0 Å². The lowest BCUT2D eigenvalue weighted by molar-refractivity contribution is -0.860. The Balaban J connectivity index is 1.90. The van der Waals surface area contributed by atoms with E-state index in [0.717, 1.165) is 37.5 Å². The van der Waals surface area contributed by atoms with Gasteiger partial charge in [-0.2, -0.15) is 0 Å². The maximum absolute atomic E-state index is 11.4. The molecular formula is C12H24N2O2. The molecule has 0 spiro atoms. The minimum absolute atomic E-state index is 0.315. The van der Waals surface area contributed by atoms with Crippen molar-refractivity contribution in [3.05, 3.63) is 10.4 Å². The number of fused-ring (bicyclic) bond motifs is 1. The van der Waals surface area contributed by atoms with E-state index in [0.29, 0.717) is 22.2 Å². The number of hydrogen-bond acceptors (Lipinski definition) is 2. The molecule has 2 fully saturated rings. The Labute approximate surface area is 97.8 Å². The SMILES string of the molecule is C[NH+]([O-])C1CCC2CC([NH+](C)[O-])CCC2C1. The fraction of sp³-hybridized carbons (Fsp3) is 1.00. The van der Waals surface area contributed by atoms with Crippen molar-refractivity contribution in [3.8, 4) is 0 Å². The summed E-state index contributed by atoms with van der Waals surface area (Å²) in [6, 6.07) is 0.630. The van der Waals surface area contributed by atoms with E-state index in [-0.39, 0.29) is 0 Å². The molecule has 6 unspecified atom stereocenters. The highest BCUT2D eigenvalue weighted by Gasteiger charge is 2.38. The molecule has 0 bridgehead atoms. The zero-order chi connectivity index (χ0) is 11.7. The summed E-state index contributed by atoms with van der Waals surface area (Å²) in [5, 5.41) is 23.5. The average molecular weight is 228 g/mol. The summed E-state index contributed by atoms with van der Waals surface area (Å²) in [6.45, 7) is 0. The second-order valence-electron chi connectivity index (χ2n) is 5.76. The third-order valence-corrected chi connectivity index (χ3v) is 4.76. The Morgan fingerprint density at radius 2 is 1.12 bits per heavy atom. The van der Waals surface area contributed by atoms with Crippen LogP contribution in [-0.2, 0) is 0 Å². The lowest BCUT2D eigenvalue weighted by Gasteiger charge is -2.45. The smallest absolute Gasteiger partial charge is 0.0872 e. The number of hydrogen-bond donors (Lipinski definition) is 2. The van der Waals surface area contributed by atoms with Gasteiger partial charge in [-0.05, 0) is 37.5 Å². The van der Waals surface area contributed by atoms with Crippen LogP contribution in [0.15, 0.2) is 0 Å². The molecule has 0 aliphatic heterocycles. The van der Waals surface area contributed by atoms with Gasteiger partial charge in [0.25, 0.3) is 0 Å². The van der Waals surface area contributed by atoms with Gasteiger partial charge < -0.3 is 20.5 Å². The fourth-order valence-electron chi connectivity index (χ4n) is 3.63. The Morgan fingerprint density at radius 1 is 0.750 bits per heavy atom. The summed E-state index contributed by atoms with van der Waals surface area (Å²) >= 11 is 0. The molecule has 2 rings (SSSR count). The summed E-state index contributed by atoms with van der Waals surface area (Å²) in [5.41, 5.74) is 0. The third-order valence-electron chi connectivity index (χ3n) is 4.76. The molecule has 4 heteroatoms. The van der Waals surface area contributed by atoms with Crippen LogP contribution in [-0.4, -0.2) is 26.2 Å². The Hall–Kier alpha value is -0.160. The molecule has 2 aliphatic rings. The van der Waals surface area contributed by atoms with E-state index in [9.17, 15) is 10.4 Å². The van der Waals surface area contributed by atoms with Crippen LogP contribution in [0.4, 0.5) is 0 Å². The highest BCUT2D eigenvalue weighted by molar-refractivity contribution is 4.86. The average Bonchev–Trinajstić information content (AvgIpc) is 2.27. The van der Waals surface area contributed by atoms with Gasteiger partial charge in [0, 0.05) is 12.8 Å². The molecule has 0 heterocycles. The molecule has 0 aromatic rings. The van der Waals surface area contributed by atoms with Crippen molar-refractivity contribution in [2.45, 2.75) is 50.6 Å². The standard InChI is InChI=1S/C12H24N2O2/c1-13(15)11-5-3-10-8-12(14(2)16)6-4-9(10)7-11/h9-14H,3-8H2,1-2H3. The third kappa shape index (κ3) is 2.56. The maximum Gasteiger partial charge on any atom is 0.0872 e. The van der Waals surface area contributed by atoms with Crippen LogP contribution in [0.3, 0.4) is 0 Å². The van der Waals surface area contributed by atoms with Gasteiger partial charge in [0.2, 0.25) is 0 Å². The molecule has 0 aromatic carbocycles. The Morgan fingerprint density at radius 3 is 1.44 bits per heavy atom. The molecule has 4 nitrogen and oxygen atoms in total. The topological polar surface area (TPSA) is 55.0 Å². The summed E-state index contributed by atoms with van der Waals surface area (Å²) in [5.74, 6) is 1.44. The van der Waals surface area contributed by atoms with Gasteiger partial charge in [-0.1, -0.05) is 0 Å². The van der Waals surface area contributed by atoms with Gasteiger partial charge in [0.05, 0.1) is 26.2 Å². The molecule has 0 aromatic heterocycles. The van der Waals surface area contributed by atoms with Crippen molar-refractivity contribution in [1.29, 1.82) is 0 Å². The van der Waals surface area contributed by atoms with Crippen molar-refractivity contribution in [1.82, 2.24) is 0 Å². The Bertz CT molecular complexity index is 209. The van der Waals surface area contributed by atoms with E-state index < -0.39 is 0 Å². The predicted octanol–water partition coefficient (Wildman–Crippen LogP) is -0.651. The van der Waals surface area contributed by atoms with Crippen LogP contribution < -0.4 is 10.1 Å². The Kier molecular flexibility index (Phi) is 3.85. The van der Waals surface area contributed by atoms with Gasteiger partial charge in [0.1, 0.15) is 0 Å². The monoisotopic (exact) mass is 228 g/mol. The first-order valence-corrected chi connectivity index (χ1v) is 6.58. The first kappa shape index (κ1) is 12.3. The minimum Gasteiger partial charge on any atom is -0.634 e. The van der Waals surface area contributed by atoms with E-state index in [4.69, 9.17) is 0 Å². The molecule has 0 radical (unpaired) electrons. The molecule has 2 N–H and O–H groups in total. The second kappa shape index (κ2) is 5.00. The second-order valence-corrected chi connectivity index (χ2v) is 5.76. The number of quaternary nitrogens is 2. The quantitative estimate of drug-likeness (QED) is 0.617. The van der Waals surface area contributed by atoms with E-state index in [2.05, 4.69) is 0 Å². The molecule has 6 atom stereocenters. The van der Waals surface area contributed by atoms with Crippen LogP contribution in [0.5, 0.6) is 0 Å². The van der Waals surface area contributed by atoms with Crippen molar-refractivity contribution in [2.75, 3.05) is 14.1 Å². The minimum atomic E-state index is 0.315. The van der Waals surface area contributed by atoms with Crippen LogP contribution in [0, 0.1) is 22.3 Å². The highest BCUT2D eigenvalue weighted by Crippen LogP contribution is 2.39. The van der Waals surface area contributed by atoms with Crippen molar-refractivity contribution in [3.63, 3.8) is 0 Å². The molecule has 16 heavy (non-hydrogen) atoms. The van der Waals surface area contributed by atoms with Crippen LogP contribution in [0.1, 0.15) is 38.5 Å². The summed E-state index contributed by atoms with van der Waals surface area (Å²) < 4.78 is 0. The van der Waals surface area contributed by atoms with Crippen molar-refractivity contribution >= 4 is 0 Å². The van der Waals surface area contributed by atoms with Crippen molar-refractivity contribution in [2.24, 2.45) is 11.8 Å². The number of rotatable bonds is 2. The van der Waals surface area contributed by atoms with Crippen molar-refractivity contribution < 1.29 is 10.1 Å².